The lowest BCUT2D eigenvalue weighted by Gasteiger charge is -2.11. The monoisotopic (exact) mass is 1620 g/mol. The molecule has 0 saturated carbocycles. The van der Waals surface area contributed by atoms with Crippen LogP contribution in [0.4, 0.5) is 0 Å². The van der Waals surface area contributed by atoms with Gasteiger partial charge in [-0.3, -0.25) is 0 Å². The molecule has 0 bridgehead atoms. The van der Waals surface area contributed by atoms with Crippen LogP contribution >= 0.6 is 0 Å². The minimum Gasteiger partial charge on any atom is -0.491 e. The Hall–Kier alpha value is -12.9. The summed E-state index contributed by atoms with van der Waals surface area (Å²) in [7, 11) is 0. The zero-order valence-corrected chi connectivity index (χ0v) is 65.4. The van der Waals surface area contributed by atoms with E-state index in [1.165, 1.54) is 0 Å². The number of hydrogen-bond donors (Lipinski definition) is 0. The van der Waals surface area contributed by atoms with E-state index in [0.717, 1.165) is 133 Å². The smallest absolute Gasteiger partial charge is 0.131 e. The second-order valence-corrected chi connectivity index (χ2v) is 28.6. The molecule has 8 heterocycles. The van der Waals surface area contributed by atoms with Gasteiger partial charge >= 0.3 is 0 Å². The Labute approximate surface area is 694 Å². The highest BCUT2D eigenvalue weighted by Crippen LogP contribution is 2.37. The first-order chi connectivity index (χ1) is 59.2. The van der Waals surface area contributed by atoms with Crippen LogP contribution < -0.4 is 75.8 Å². The molecule has 12 aromatic carbocycles. The van der Waals surface area contributed by atoms with Crippen molar-refractivity contribution in [3.8, 4) is 138 Å². The van der Waals surface area contributed by atoms with Crippen LogP contribution in [0.5, 0.6) is 138 Å². The summed E-state index contributed by atoms with van der Waals surface area (Å²) in [6.07, 6.45) is 1.85. The third kappa shape index (κ3) is 27.6. The van der Waals surface area contributed by atoms with Gasteiger partial charge in [-0.2, -0.15) is 0 Å². The standard InChI is InChI=1S/4C24H22O6/c1-5-19(6-2-17(1)25-13-23-15-27-23)29-21-9-11-22(12-10-21)30-20-7-3-18(4-8-20)26-14-24-16-28-24;1-4-17(25-13-23-15-27-23)10-19(6-1)29-21-8-3-9-22(12-21)30-20-7-2-5-18(11-20)26-14-24-16-28-24;1-3-19(25-13-23-15-27-23)11-21(5-1)29-17-7-9-18(10-8-17)30-22-6-2-4-20(12-22)26-14-24-16-28-24;1-2-21(29-19-8-4-17(5-9-19)25-13-23-15-27-23)12-22(3-1)30-20-10-6-18(7-11-20)26-14-24-16-28-24/h4*1-12,23-24H,13-16H2. The quantitative estimate of drug-likeness (QED) is 0.0324. The third-order valence-corrected chi connectivity index (χ3v) is 18.4. The lowest BCUT2D eigenvalue weighted by Crippen LogP contribution is -2.03. The Kier molecular flexibility index (Phi) is 26.6. The van der Waals surface area contributed by atoms with E-state index in [1.54, 1.807) is 0 Å². The molecule has 24 heteroatoms. The summed E-state index contributed by atoms with van der Waals surface area (Å²) < 4.78 is 134. The third-order valence-electron chi connectivity index (χ3n) is 18.4. The summed E-state index contributed by atoms with van der Waals surface area (Å²) in [4.78, 5) is 0. The number of benzene rings is 12. The summed E-state index contributed by atoms with van der Waals surface area (Å²) in [5.41, 5.74) is 0. The van der Waals surface area contributed by atoms with Crippen molar-refractivity contribution in [2.45, 2.75) is 48.8 Å². The Morgan fingerprint density at radius 2 is 0.250 bits per heavy atom. The summed E-state index contributed by atoms with van der Waals surface area (Å²) in [6.45, 7) is 10.8. The number of rotatable bonds is 40. The van der Waals surface area contributed by atoms with E-state index in [9.17, 15) is 0 Å². The second-order valence-electron chi connectivity index (χ2n) is 28.6. The molecule has 20 rings (SSSR count). The molecule has 0 aromatic heterocycles. The van der Waals surface area contributed by atoms with E-state index in [1.807, 2.05) is 291 Å². The van der Waals surface area contributed by atoms with Gasteiger partial charge in [-0.05, 0) is 218 Å². The SMILES string of the molecule is c1cc(OCC2CO2)cc(Oc2ccc(Oc3cccc(OCC4CO4)c3)cc2)c1.c1cc(OCC2CO2)cc(Oc2cccc(Oc3cccc(OCC4CO4)c3)c2)c1.c1cc(Oc2ccc(OCC3CO3)cc2)cc(Oc2ccc(OCC3CO3)cc2)c1.c1cc(Oc2ccc(Oc3ccc(OCC4CO4)cc3)cc2)ccc1OCC1CO1. The van der Waals surface area contributed by atoms with Gasteiger partial charge in [0, 0.05) is 36.4 Å². The average Bonchev–Trinajstić information content (AvgIpc) is 1.83. The highest BCUT2D eigenvalue weighted by molar-refractivity contribution is 5.47. The Bertz CT molecular complexity index is 4870. The van der Waals surface area contributed by atoms with Crippen LogP contribution in [-0.2, 0) is 37.9 Å². The fraction of sp³-hybridized carbons (Fsp3) is 0.250. The van der Waals surface area contributed by atoms with Gasteiger partial charge in [0.1, 0.15) is 240 Å². The molecule has 8 fully saturated rings. The fourth-order valence-corrected chi connectivity index (χ4v) is 11.2. The topological polar surface area (TPSA) is 248 Å². The molecule has 8 aliphatic rings. The van der Waals surface area contributed by atoms with E-state index in [2.05, 4.69) is 0 Å². The maximum absolute atomic E-state index is 5.99. The van der Waals surface area contributed by atoms with Crippen LogP contribution in [-0.4, -0.2) is 155 Å². The van der Waals surface area contributed by atoms with Gasteiger partial charge in [0.05, 0.1) is 52.9 Å². The summed E-state index contributed by atoms with van der Waals surface area (Å²) in [5, 5.41) is 0. The minimum atomic E-state index is 0.217. The van der Waals surface area contributed by atoms with Gasteiger partial charge in [0.15, 0.2) is 0 Å². The van der Waals surface area contributed by atoms with Crippen molar-refractivity contribution in [2.24, 2.45) is 0 Å². The molecular weight excluding hydrogens is 1540 g/mol. The van der Waals surface area contributed by atoms with Crippen LogP contribution in [0.15, 0.2) is 291 Å². The molecule has 120 heavy (non-hydrogen) atoms. The maximum atomic E-state index is 5.99. The Balaban J connectivity index is 0.000000114. The normalized spacial score (nSPS) is 19.1. The number of epoxide rings is 8. The highest BCUT2D eigenvalue weighted by atomic mass is 16.6. The highest BCUT2D eigenvalue weighted by Gasteiger charge is 2.29. The number of hydrogen-bond acceptors (Lipinski definition) is 24. The fourth-order valence-electron chi connectivity index (χ4n) is 11.2. The van der Waals surface area contributed by atoms with E-state index in [-0.39, 0.29) is 48.8 Å². The van der Waals surface area contributed by atoms with Crippen LogP contribution in [0.2, 0.25) is 0 Å². The lowest BCUT2D eigenvalue weighted by molar-refractivity contribution is 0.262. The van der Waals surface area contributed by atoms with Crippen molar-refractivity contribution in [1.82, 2.24) is 0 Å². The van der Waals surface area contributed by atoms with Crippen molar-refractivity contribution >= 4 is 0 Å². The molecule has 0 radical (unpaired) electrons. The molecule has 8 aliphatic heterocycles. The van der Waals surface area contributed by atoms with Crippen molar-refractivity contribution < 1.29 is 114 Å². The van der Waals surface area contributed by atoms with Gasteiger partial charge in [-0.1, -0.05) is 36.4 Å². The second kappa shape index (κ2) is 40.0. The largest absolute Gasteiger partial charge is 0.491 e. The average molecular weight is 1630 g/mol. The van der Waals surface area contributed by atoms with Gasteiger partial charge in [0.2, 0.25) is 0 Å². The van der Waals surface area contributed by atoms with Crippen molar-refractivity contribution in [3.63, 3.8) is 0 Å². The van der Waals surface area contributed by atoms with Gasteiger partial charge in [-0.15, -0.1) is 0 Å². The number of ether oxygens (including phenoxy) is 24. The van der Waals surface area contributed by atoms with E-state index < -0.39 is 0 Å². The zero-order valence-electron chi connectivity index (χ0n) is 65.4. The van der Waals surface area contributed by atoms with Crippen LogP contribution in [0.3, 0.4) is 0 Å². The minimum absolute atomic E-state index is 0.217. The summed E-state index contributed by atoms with van der Waals surface area (Å²) >= 11 is 0. The maximum Gasteiger partial charge on any atom is 0.131 e. The summed E-state index contributed by atoms with van der Waals surface area (Å²) in [6, 6.07) is 90.3. The molecule has 12 aromatic rings. The molecule has 0 N–H and O–H groups in total. The Morgan fingerprint density at radius 3 is 0.400 bits per heavy atom. The molecule has 8 unspecified atom stereocenters. The van der Waals surface area contributed by atoms with Crippen LogP contribution in [0.1, 0.15) is 0 Å². The molecule has 0 aliphatic carbocycles. The molecule has 616 valence electrons. The Morgan fingerprint density at radius 1 is 0.142 bits per heavy atom. The van der Waals surface area contributed by atoms with Gasteiger partial charge in [-0.25, -0.2) is 0 Å². The van der Waals surface area contributed by atoms with Crippen molar-refractivity contribution in [3.05, 3.63) is 291 Å². The summed E-state index contributed by atoms with van der Waals surface area (Å²) in [5.74, 6) is 17.6. The van der Waals surface area contributed by atoms with Crippen molar-refractivity contribution in [1.29, 1.82) is 0 Å². The molecule has 0 amide bonds. The van der Waals surface area contributed by atoms with E-state index in [4.69, 9.17) is 114 Å². The first-order valence-electron chi connectivity index (χ1n) is 39.8. The molecular formula is C96H88O24. The van der Waals surface area contributed by atoms with E-state index in [0.29, 0.717) is 110 Å². The first kappa shape index (κ1) is 79.6. The molecule has 24 nitrogen and oxygen atoms in total. The van der Waals surface area contributed by atoms with Gasteiger partial charge < -0.3 is 114 Å². The van der Waals surface area contributed by atoms with Crippen LogP contribution in [0, 0.1) is 0 Å². The zero-order chi connectivity index (χ0) is 80.7. The van der Waals surface area contributed by atoms with Gasteiger partial charge in [0.25, 0.3) is 0 Å². The molecule has 0 spiro atoms. The molecule has 8 saturated heterocycles. The van der Waals surface area contributed by atoms with Crippen molar-refractivity contribution in [2.75, 3.05) is 106 Å². The molecule has 8 atom stereocenters. The predicted molar refractivity (Wildman–Crippen MR) is 440 cm³/mol. The predicted octanol–water partition coefficient (Wildman–Crippen LogP) is 19.3. The van der Waals surface area contributed by atoms with Crippen LogP contribution in [0.25, 0.3) is 0 Å². The lowest BCUT2D eigenvalue weighted by atomic mass is 10.3. The van der Waals surface area contributed by atoms with E-state index >= 15 is 0 Å². The first-order valence-corrected chi connectivity index (χ1v) is 39.8.